The van der Waals surface area contributed by atoms with Crippen LogP contribution in [0.2, 0.25) is 0 Å². The molecule has 3 aromatic rings. The SMILES string of the molecule is CO[C@@H]1O[C@H](COCc2ccccc2)[C@](N)(OCc2ccccc2)[C@@H](OCc2ccccc2)[C@@H]1OC. The summed E-state index contributed by atoms with van der Waals surface area (Å²) in [6, 6.07) is 29.7. The van der Waals surface area contributed by atoms with Crippen molar-refractivity contribution >= 4 is 0 Å². The second kappa shape index (κ2) is 13.1. The van der Waals surface area contributed by atoms with Gasteiger partial charge in [0.15, 0.2) is 12.0 Å². The van der Waals surface area contributed by atoms with Crippen LogP contribution < -0.4 is 5.73 Å². The Kier molecular flexibility index (Phi) is 9.60. The molecule has 0 unspecified atom stereocenters. The van der Waals surface area contributed by atoms with E-state index in [1.807, 2.05) is 91.0 Å². The van der Waals surface area contributed by atoms with Crippen LogP contribution in [-0.4, -0.2) is 51.2 Å². The third-order valence-electron chi connectivity index (χ3n) is 6.30. The van der Waals surface area contributed by atoms with E-state index >= 15 is 0 Å². The van der Waals surface area contributed by atoms with Crippen molar-refractivity contribution in [2.45, 2.75) is 50.1 Å². The molecule has 0 aliphatic carbocycles. The summed E-state index contributed by atoms with van der Waals surface area (Å²) in [6.07, 6.45) is -2.71. The molecule has 7 nitrogen and oxygen atoms in total. The Balaban J connectivity index is 1.57. The minimum Gasteiger partial charge on any atom is -0.374 e. The Labute approximate surface area is 213 Å². The Morgan fingerprint density at radius 2 is 1.25 bits per heavy atom. The van der Waals surface area contributed by atoms with Crippen LogP contribution in [0.4, 0.5) is 0 Å². The second-order valence-corrected chi connectivity index (χ2v) is 8.77. The molecule has 36 heavy (non-hydrogen) atoms. The molecule has 2 N–H and O–H groups in total. The third-order valence-corrected chi connectivity index (χ3v) is 6.30. The molecule has 0 amide bonds. The summed E-state index contributed by atoms with van der Waals surface area (Å²) in [5.41, 5.74) is 8.70. The van der Waals surface area contributed by atoms with Gasteiger partial charge in [-0.15, -0.1) is 0 Å². The molecule has 4 rings (SSSR count). The molecule has 0 bridgehead atoms. The van der Waals surface area contributed by atoms with Gasteiger partial charge in [0.1, 0.15) is 18.3 Å². The van der Waals surface area contributed by atoms with Crippen LogP contribution in [0.25, 0.3) is 0 Å². The van der Waals surface area contributed by atoms with Gasteiger partial charge < -0.3 is 28.4 Å². The van der Waals surface area contributed by atoms with Crippen molar-refractivity contribution in [3.8, 4) is 0 Å². The molecule has 7 heteroatoms. The van der Waals surface area contributed by atoms with Gasteiger partial charge in [-0.25, -0.2) is 0 Å². The van der Waals surface area contributed by atoms with Crippen molar-refractivity contribution in [1.82, 2.24) is 0 Å². The zero-order valence-corrected chi connectivity index (χ0v) is 20.8. The van der Waals surface area contributed by atoms with Gasteiger partial charge in [0, 0.05) is 14.2 Å². The Morgan fingerprint density at radius 1 is 0.722 bits per heavy atom. The maximum absolute atomic E-state index is 7.03. The molecule has 3 aromatic carbocycles. The predicted octanol–water partition coefficient (Wildman–Crippen LogP) is 4.05. The standard InChI is InChI=1S/C29H35NO6/c1-31-26-27(34-19-23-14-8-4-9-15-23)29(30,35-20-24-16-10-5-11-17-24)25(36-28(26)32-2)21-33-18-22-12-6-3-7-13-22/h3-17,25-28H,18-21,30H2,1-2H3/t25-,26+,27+,28-,29+/m1/s1. The Hall–Kier alpha value is -2.62. The lowest BCUT2D eigenvalue weighted by molar-refractivity contribution is -0.350. The molecular weight excluding hydrogens is 458 g/mol. The molecule has 1 aliphatic rings. The van der Waals surface area contributed by atoms with Gasteiger partial charge in [-0.05, 0) is 16.7 Å². The lowest BCUT2D eigenvalue weighted by Crippen LogP contribution is -2.73. The van der Waals surface area contributed by atoms with Gasteiger partial charge in [-0.2, -0.15) is 0 Å². The third kappa shape index (κ3) is 6.57. The van der Waals surface area contributed by atoms with Gasteiger partial charge in [0.25, 0.3) is 0 Å². The lowest BCUT2D eigenvalue weighted by atomic mass is 9.91. The molecule has 5 atom stereocenters. The van der Waals surface area contributed by atoms with Crippen LogP contribution in [-0.2, 0) is 48.2 Å². The highest BCUT2D eigenvalue weighted by molar-refractivity contribution is 5.16. The first-order valence-corrected chi connectivity index (χ1v) is 12.1. The number of rotatable bonds is 12. The van der Waals surface area contributed by atoms with Crippen molar-refractivity contribution in [3.05, 3.63) is 108 Å². The molecular formula is C29H35NO6. The highest BCUT2D eigenvalue weighted by Crippen LogP contribution is 2.35. The van der Waals surface area contributed by atoms with Crippen LogP contribution in [0, 0.1) is 0 Å². The van der Waals surface area contributed by atoms with Crippen LogP contribution in [0.3, 0.4) is 0 Å². The number of methoxy groups -OCH3 is 2. The fourth-order valence-electron chi connectivity index (χ4n) is 4.32. The first-order chi connectivity index (χ1) is 17.6. The predicted molar refractivity (Wildman–Crippen MR) is 136 cm³/mol. The summed E-state index contributed by atoms with van der Waals surface area (Å²) < 4.78 is 36.6. The van der Waals surface area contributed by atoms with Crippen molar-refractivity contribution < 1.29 is 28.4 Å². The van der Waals surface area contributed by atoms with E-state index in [9.17, 15) is 0 Å². The van der Waals surface area contributed by atoms with E-state index in [1.54, 1.807) is 14.2 Å². The first-order valence-electron chi connectivity index (χ1n) is 12.1. The van der Waals surface area contributed by atoms with Crippen LogP contribution in [0.15, 0.2) is 91.0 Å². The molecule has 0 radical (unpaired) electrons. The quantitative estimate of drug-likeness (QED) is 0.381. The molecule has 0 aromatic heterocycles. The normalized spacial score (nSPS) is 26.1. The summed E-state index contributed by atoms with van der Waals surface area (Å²) in [5, 5.41) is 0. The van der Waals surface area contributed by atoms with E-state index in [2.05, 4.69) is 0 Å². The Morgan fingerprint density at radius 3 is 1.78 bits per heavy atom. The number of benzene rings is 3. The number of hydrogen-bond donors (Lipinski definition) is 1. The minimum atomic E-state index is -1.38. The van der Waals surface area contributed by atoms with Gasteiger partial charge >= 0.3 is 0 Å². The van der Waals surface area contributed by atoms with E-state index in [4.69, 9.17) is 34.2 Å². The number of ether oxygens (including phenoxy) is 6. The van der Waals surface area contributed by atoms with E-state index in [0.717, 1.165) is 16.7 Å². The average Bonchev–Trinajstić information content (AvgIpc) is 2.93. The molecule has 1 aliphatic heterocycles. The average molecular weight is 494 g/mol. The highest BCUT2D eigenvalue weighted by Gasteiger charge is 2.57. The van der Waals surface area contributed by atoms with Crippen molar-refractivity contribution in [1.29, 1.82) is 0 Å². The van der Waals surface area contributed by atoms with Crippen LogP contribution in [0.5, 0.6) is 0 Å². The second-order valence-electron chi connectivity index (χ2n) is 8.77. The first kappa shape index (κ1) is 26.4. The number of hydrogen-bond acceptors (Lipinski definition) is 7. The maximum atomic E-state index is 7.03. The lowest BCUT2D eigenvalue weighted by Gasteiger charge is -2.50. The van der Waals surface area contributed by atoms with Crippen LogP contribution >= 0.6 is 0 Å². The number of nitrogens with two attached hydrogens (primary N) is 1. The topological polar surface area (TPSA) is 81.4 Å². The van der Waals surface area contributed by atoms with E-state index in [1.165, 1.54) is 0 Å². The zero-order chi connectivity index (χ0) is 25.2. The van der Waals surface area contributed by atoms with Crippen molar-refractivity contribution in [3.63, 3.8) is 0 Å². The van der Waals surface area contributed by atoms with E-state index < -0.39 is 30.3 Å². The molecule has 0 spiro atoms. The van der Waals surface area contributed by atoms with Crippen molar-refractivity contribution in [2.24, 2.45) is 5.73 Å². The van der Waals surface area contributed by atoms with Gasteiger partial charge in [0.2, 0.25) is 0 Å². The molecule has 192 valence electrons. The van der Waals surface area contributed by atoms with Crippen molar-refractivity contribution in [2.75, 3.05) is 20.8 Å². The molecule has 0 saturated carbocycles. The highest BCUT2D eigenvalue weighted by atomic mass is 16.7. The Bertz CT molecular complexity index is 1020. The maximum Gasteiger partial charge on any atom is 0.186 e. The largest absolute Gasteiger partial charge is 0.374 e. The molecule has 1 heterocycles. The van der Waals surface area contributed by atoms with Crippen LogP contribution in [0.1, 0.15) is 16.7 Å². The van der Waals surface area contributed by atoms with Gasteiger partial charge in [-0.3, -0.25) is 5.73 Å². The van der Waals surface area contributed by atoms with Gasteiger partial charge in [0.05, 0.1) is 26.4 Å². The van der Waals surface area contributed by atoms with E-state index in [-0.39, 0.29) is 13.2 Å². The summed E-state index contributed by atoms with van der Waals surface area (Å²) >= 11 is 0. The molecule has 1 saturated heterocycles. The molecule has 1 fully saturated rings. The summed E-state index contributed by atoms with van der Waals surface area (Å²) in [6.45, 7) is 1.19. The summed E-state index contributed by atoms with van der Waals surface area (Å²) in [4.78, 5) is 0. The van der Waals surface area contributed by atoms with E-state index in [0.29, 0.717) is 13.2 Å². The fraction of sp³-hybridized carbons (Fsp3) is 0.379. The summed E-state index contributed by atoms with van der Waals surface area (Å²) in [7, 11) is 3.16. The van der Waals surface area contributed by atoms with Gasteiger partial charge in [-0.1, -0.05) is 91.0 Å². The smallest absolute Gasteiger partial charge is 0.186 e. The minimum absolute atomic E-state index is 0.182. The summed E-state index contributed by atoms with van der Waals surface area (Å²) in [5.74, 6) is 0. The zero-order valence-electron chi connectivity index (χ0n) is 20.8. The fourth-order valence-corrected chi connectivity index (χ4v) is 4.32. The monoisotopic (exact) mass is 493 g/mol.